The van der Waals surface area contributed by atoms with Gasteiger partial charge in [0.25, 0.3) is 0 Å². The van der Waals surface area contributed by atoms with Crippen LogP contribution in [0.4, 0.5) is 0 Å². The van der Waals surface area contributed by atoms with Crippen molar-refractivity contribution in [3.8, 4) is 28.3 Å². The van der Waals surface area contributed by atoms with Gasteiger partial charge in [0.2, 0.25) is 0 Å². The Bertz CT molecular complexity index is 2070. The van der Waals surface area contributed by atoms with Crippen LogP contribution in [0.2, 0.25) is 0 Å². The van der Waals surface area contributed by atoms with Crippen molar-refractivity contribution in [2.45, 2.75) is 0 Å². The van der Waals surface area contributed by atoms with Gasteiger partial charge in [-0.2, -0.15) is 0 Å². The summed E-state index contributed by atoms with van der Waals surface area (Å²) in [6.45, 7) is 0. The summed E-state index contributed by atoms with van der Waals surface area (Å²) < 4.78 is 2.22. The van der Waals surface area contributed by atoms with Crippen LogP contribution in [0.15, 0.2) is 128 Å². The second kappa shape index (κ2) is 7.74. The first-order valence-electron chi connectivity index (χ1n) is 12.5. The lowest BCUT2D eigenvalue weighted by Gasteiger charge is -2.15. The molecule has 2 aromatic heterocycles. The standard InChI is InChI=1S/C34H21N3/c1-2-13-31-29(11-1)36-34(30-12-3-4-20-35-30)37(31)26-10-6-9-25(21-26)27-18-16-24-15-14-22-7-5-8-23-17-19-28(27)33(24)32(22)23/h1-21H. The molecule has 3 heteroatoms. The molecule has 0 fully saturated rings. The average molecular weight is 472 g/mol. The monoisotopic (exact) mass is 471 g/mol. The van der Waals surface area contributed by atoms with Crippen molar-refractivity contribution in [3.63, 3.8) is 0 Å². The van der Waals surface area contributed by atoms with E-state index in [1.165, 1.54) is 43.4 Å². The summed E-state index contributed by atoms with van der Waals surface area (Å²) in [4.78, 5) is 9.58. The van der Waals surface area contributed by atoms with Crippen molar-refractivity contribution < 1.29 is 0 Å². The topological polar surface area (TPSA) is 30.7 Å². The van der Waals surface area contributed by atoms with E-state index in [9.17, 15) is 0 Å². The van der Waals surface area contributed by atoms with Gasteiger partial charge in [0, 0.05) is 11.9 Å². The van der Waals surface area contributed by atoms with Crippen LogP contribution in [0, 0.1) is 0 Å². The van der Waals surface area contributed by atoms with Crippen LogP contribution in [-0.4, -0.2) is 14.5 Å². The van der Waals surface area contributed by atoms with E-state index in [0.29, 0.717) is 0 Å². The maximum Gasteiger partial charge on any atom is 0.164 e. The number of fused-ring (bicyclic) bond motifs is 1. The molecule has 37 heavy (non-hydrogen) atoms. The molecule has 0 amide bonds. The number of hydrogen-bond acceptors (Lipinski definition) is 2. The molecule has 0 saturated carbocycles. The Labute approximate surface area is 213 Å². The summed E-state index contributed by atoms with van der Waals surface area (Å²) in [5.41, 5.74) is 6.35. The van der Waals surface area contributed by atoms with Gasteiger partial charge < -0.3 is 0 Å². The Kier molecular flexibility index (Phi) is 4.23. The molecule has 3 nitrogen and oxygen atoms in total. The molecule has 0 radical (unpaired) electrons. The smallest absolute Gasteiger partial charge is 0.164 e. The fourth-order valence-electron chi connectivity index (χ4n) is 5.75. The highest BCUT2D eigenvalue weighted by Gasteiger charge is 2.17. The Morgan fingerprint density at radius 1 is 0.568 bits per heavy atom. The lowest BCUT2D eigenvalue weighted by Crippen LogP contribution is -1.99. The zero-order valence-electron chi connectivity index (χ0n) is 20.0. The minimum Gasteiger partial charge on any atom is -0.291 e. The van der Waals surface area contributed by atoms with Crippen LogP contribution in [0.1, 0.15) is 0 Å². The zero-order chi connectivity index (χ0) is 24.3. The first-order valence-corrected chi connectivity index (χ1v) is 12.5. The summed E-state index contributed by atoms with van der Waals surface area (Å²) in [5.74, 6) is 0.842. The van der Waals surface area contributed by atoms with E-state index in [1.54, 1.807) is 0 Å². The molecule has 0 atom stereocenters. The number of aromatic nitrogens is 3. The molecule has 2 heterocycles. The predicted octanol–water partition coefficient (Wildman–Crippen LogP) is 8.65. The Hall–Kier alpha value is -5.02. The summed E-state index contributed by atoms with van der Waals surface area (Å²) in [6.07, 6.45) is 1.82. The predicted molar refractivity (Wildman–Crippen MR) is 153 cm³/mol. The molecule has 8 rings (SSSR count). The van der Waals surface area contributed by atoms with Crippen LogP contribution in [0.25, 0.3) is 71.7 Å². The summed E-state index contributed by atoms with van der Waals surface area (Å²) in [6, 6.07) is 43.1. The first-order chi connectivity index (χ1) is 18.3. The molecule has 172 valence electrons. The summed E-state index contributed by atoms with van der Waals surface area (Å²) in [7, 11) is 0. The van der Waals surface area contributed by atoms with Crippen LogP contribution >= 0.6 is 0 Å². The SMILES string of the molecule is c1ccc(-c2nc3ccccc3n2-c2cccc(-c3ccc4ccc5cccc6ccc3c4c56)c2)nc1. The molecule has 0 aliphatic rings. The van der Waals surface area contributed by atoms with Crippen molar-refractivity contribution in [3.05, 3.63) is 128 Å². The average Bonchev–Trinajstić information content (AvgIpc) is 3.36. The van der Waals surface area contributed by atoms with Gasteiger partial charge in [-0.15, -0.1) is 0 Å². The minimum absolute atomic E-state index is 0.842. The molecule has 0 bridgehead atoms. The van der Waals surface area contributed by atoms with Crippen molar-refractivity contribution in [1.82, 2.24) is 14.5 Å². The molecular weight excluding hydrogens is 450 g/mol. The van der Waals surface area contributed by atoms with E-state index in [4.69, 9.17) is 4.98 Å². The largest absolute Gasteiger partial charge is 0.291 e. The fourth-order valence-corrected chi connectivity index (χ4v) is 5.75. The molecule has 8 aromatic rings. The second-order valence-electron chi connectivity index (χ2n) is 9.49. The van der Waals surface area contributed by atoms with Gasteiger partial charge in [-0.1, -0.05) is 84.9 Å². The molecule has 0 unspecified atom stereocenters. The maximum atomic E-state index is 4.97. The highest BCUT2D eigenvalue weighted by molar-refractivity contribution is 6.25. The van der Waals surface area contributed by atoms with Gasteiger partial charge in [-0.3, -0.25) is 9.55 Å². The fraction of sp³-hybridized carbons (Fsp3) is 0. The van der Waals surface area contributed by atoms with Crippen molar-refractivity contribution in [2.75, 3.05) is 0 Å². The van der Waals surface area contributed by atoms with E-state index in [0.717, 1.165) is 28.2 Å². The Balaban J connectivity index is 1.39. The van der Waals surface area contributed by atoms with Gasteiger partial charge in [-0.25, -0.2) is 4.98 Å². The van der Waals surface area contributed by atoms with E-state index >= 15 is 0 Å². The minimum atomic E-state index is 0.842. The quantitative estimate of drug-likeness (QED) is 0.241. The number of rotatable bonds is 3. The van der Waals surface area contributed by atoms with E-state index in [1.807, 2.05) is 30.5 Å². The van der Waals surface area contributed by atoms with Crippen LogP contribution in [-0.2, 0) is 0 Å². The van der Waals surface area contributed by atoms with Crippen molar-refractivity contribution >= 4 is 43.4 Å². The Morgan fingerprint density at radius 2 is 1.32 bits per heavy atom. The number of pyridine rings is 1. The van der Waals surface area contributed by atoms with Crippen LogP contribution in [0.5, 0.6) is 0 Å². The highest BCUT2D eigenvalue weighted by atomic mass is 15.1. The molecule has 0 N–H and O–H groups in total. The van der Waals surface area contributed by atoms with Crippen molar-refractivity contribution in [1.29, 1.82) is 0 Å². The Morgan fingerprint density at radius 3 is 2.19 bits per heavy atom. The molecule has 0 aliphatic carbocycles. The maximum absolute atomic E-state index is 4.97. The molecule has 0 saturated heterocycles. The zero-order valence-corrected chi connectivity index (χ0v) is 20.0. The third kappa shape index (κ3) is 3.01. The summed E-state index contributed by atoms with van der Waals surface area (Å²) >= 11 is 0. The first kappa shape index (κ1) is 20.2. The van der Waals surface area contributed by atoms with Gasteiger partial charge in [0.1, 0.15) is 5.69 Å². The van der Waals surface area contributed by atoms with Crippen LogP contribution in [0.3, 0.4) is 0 Å². The third-order valence-electron chi connectivity index (χ3n) is 7.40. The van der Waals surface area contributed by atoms with Gasteiger partial charge in [0.05, 0.1) is 11.0 Å². The molecular formula is C34H21N3. The lowest BCUT2D eigenvalue weighted by atomic mass is 9.90. The number of imidazole rings is 1. The van der Waals surface area contributed by atoms with Gasteiger partial charge in [-0.05, 0) is 79.8 Å². The summed E-state index contributed by atoms with van der Waals surface area (Å²) in [5, 5.41) is 7.80. The second-order valence-corrected chi connectivity index (χ2v) is 9.49. The normalized spacial score (nSPS) is 11.8. The van der Waals surface area contributed by atoms with Crippen molar-refractivity contribution in [2.24, 2.45) is 0 Å². The molecule has 6 aromatic carbocycles. The third-order valence-corrected chi connectivity index (χ3v) is 7.40. The lowest BCUT2D eigenvalue weighted by molar-refractivity contribution is 1.08. The van der Waals surface area contributed by atoms with E-state index in [-0.39, 0.29) is 0 Å². The molecule has 0 spiro atoms. The van der Waals surface area contributed by atoms with E-state index < -0.39 is 0 Å². The van der Waals surface area contributed by atoms with Gasteiger partial charge >= 0.3 is 0 Å². The highest BCUT2D eigenvalue weighted by Crippen LogP contribution is 2.40. The number of para-hydroxylation sites is 2. The number of nitrogens with zero attached hydrogens (tertiary/aromatic N) is 3. The number of benzene rings is 6. The number of hydrogen-bond donors (Lipinski definition) is 0. The van der Waals surface area contributed by atoms with Gasteiger partial charge in [0.15, 0.2) is 5.82 Å². The van der Waals surface area contributed by atoms with E-state index in [2.05, 4.69) is 107 Å². The molecule has 0 aliphatic heterocycles. The van der Waals surface area contributed by atoms with Crippen LogP contribution < -0.4 is 0 Å².